The third-order valence-corrected chi connectivity index (χ3v) is 5.03. The number of nitrogens with one attached hydrogen (secondary N) is 2. The van der Waals surface area contributed by atoms with Gasteiger partial charge in [-0.05, 0) is 30.2 Å². The highest BCUT2D eigenvalue weighted by atomic mass is 35.5. The topological polar surface area (TPSA) is 83.0 Å². The molecule has 146 valence electrons. The summed E-state index contributed by atoms with van der Waals surface area (Å²) in [4.78, 5) is 13.3. The van der Waals surface area contributed by atoms with Gasteiger partial charge in [-0.15, -0.1) is 0 Å². The lowest BCUT2D eigenvalue weighted by atomic mass is 10.1. The first-order valence-corrected chi connectivity index (χ1v) is 9.61. The van der Waals surface area contributed by atoms with Crippen molar-refractivity contribution in [2.75, 3.05) is 17.2 Å². The molecule has 8 heteroatoms. The third-order valence-electron chi connectivity index (χ3n) is 4.21. The molecule has 3 N–H and O–H groups in total. The Balaban J connectivity index is 2.00. The van der Waals surface area contributed by atoms with Gasteiger partial charge < -0.3 is 15.7 Å². The van der Waals surface area contributed by atoms with E-state index in [1.807, 2.05) is 38.1 Å². The van der Waals surface area contributed by atoms with Crippen molar-refractivity contribution in [3.05, 3.63) is 58.8 Å². The fourth-order valence-corrected chi connectivity index (χ4v) is 2.91. The second-order valence-corrected chi connectivity index (χ2v) is 7.39. The van der Waals surface area contributed by atoms with Gasteiger partial charge in [-0.1, -0.05) is 43.1 Å². The van der Waals surface area contributed by atoms with E-state index >= 15 is 0 Å². The van der Waals surface area contributed by atoms with Crippen LogP contribution in [0.25, 0.3) is 11.3 Å². The Labute approximate surface area is 174 Å². The number of benzene rings is 1. The minimum absolute atomic E-state index is 0.0268. The monoisotopic (exact) mass is 417 g/mol. The van der Waals surface area contributed by atoms with Crippen molar-refractivity contribution in [3.8, 4) is 11.3 Å². The van der Waals surface area contributed by atoms with E-state index in [1.54, 1.807) is 24.5 Å². The maximum Gasteiger partial charge on any atom is 0.225 e. The molecule has 28 heavy (non-hydrogen) atoms. The van der Waals surface area contributed by atoms with Crippen LogP contribution < -0.4 is 10.6 Å². The fraction of sp³-hybridized carbons (Fsp3) is 0.250. The zero-order chi connectivity index (χ0) is 20.1. The predicted molar refractivity (Wildman–Crippen MR) is 114 cm³/mol. The number of hydrogen-bond donors (Lipinski definition) is 3. The molecule has 1 aromatic carbocycles. The molecule has 0 spiro atoms. The summed E-state index contributed by atoms with van der Waals surface area (Å²) in [5.74, 6) is 1.14. The molecule has 0 saturated carbocycles. The number of rotatable bonds is 7. The Kier molecular flexibility index (Phi) is 6.67. The number of anilines is 3. The highest BCUT2D eigenvalue weighted by Gasteiger charge is 2.15. The maximum absolute atomic E-state index is 9.64. The second kappa shape index (κ2) is 9.19. The van der Waals surface area contributed by atoms with E-state index in [0.29, 0.717) is 33.2 Å². The molecule has 0 bridgehead atoms. The lowest BCUT2D eigenvalue weighted by Crippen LogP contribution is -2.30. The summed E-state index contributed by atoms with van der Waals surface area (Å²) in [5, 5.41) is 16.9. The van der Waals surface area contributed by atoms with Gasteiger partial charge in [0.15, 0.2) is 0 Å². The molecular formula is C20H21Cl2N5O. The lowest BCUT2D eigenvalue weighted by molar-refractivity contribution is 0.248. The average molecular weight is 418 g/mol. The summed E-state index contributed by atoms with van der Waals surface area (Å²) in [7, 11) is 0. The van der Waals surface area contributed by atoms with Gasteiger partial charge in [-0.3, -0.25) is 4.98 Å². The number of aliphatic hydroxyl groups is 1. The van der Waals surface area contributed by atoms with Gasteiger partial charge in [0.05, 0.1) is 34.1 Å². The molecule has 0 aliphatic carbocycles. The van der Waals surface area contributed by atoms with Crippen LogP contribution in [0.4, 0.5) is 17.5 Å². The van der Waals surface area contributed by atoms with Crippen molar-refractivity contribution >= 4 is 40.7 Å². The summed E-state index contributed by atoms with van der Waals surface area (Å²) < 4.78 is 0. The predicted octanol–water partition coefficient (Wildman–Crippen LogP) is 5.02. The average Bonchev–Trinajstić information content (AvgIpc) is 2.70. The van der Waals surface area contributed by atoms with Crippen LogP contribution in [-0.4, -0.2) is 32.7 Å². The standard InChI is InChI=1S/C20H21Cl2N5O/c1-12(2)17(11-28)26-20-25-16(13-5-4-8-23-10-13)9-18(27-20)24-15-7-3-6-14(21)19(15)22/h3-10,12,17,28H,11H2,1-2H3,(H2,24,25,26,27)/t17-/m0/s1. The van der Waals surface area contributed by atoms with Crippen molar-refractivity contribution in [1.82, 2.24) is 15.0 Å². The number of pyridine rings is 1. The largest absolute Gasteiger partial charge is 0.394 e. The molecule has 2 aromatic heterocycles. The molecule has 0 aliphatic rings. The summed E-state index contributed by atoms with van der Waals surface area (Å²) in [6, 6.07) is 10.7. The van der Waals surface area contributed by atoms with E-state index in [4.69, 9.17) is 23.2 Å². The lowest BCUT2D eigenvalue weighted by Gasteiger charge is -2.21. The van der Waals surface area contributed by atoms with E-state index in [2.05, 4.69) is 25.6 Å². The molecule has 1 atom stereocenters. The zero-order valence-corrected chi connectivity index (χ0v) is 17.0. The number of aromatic nitrogens is 3. The summed E-state index contributed by atoms with van der Waals surface area (Å²) in [5.41, 5.74) is 2.17. The fourth-order valence-electron chi connectivity index (χ4n) is 2.57. The number of nitrogens with zero attached hydrogens (tertiary/aromatic N) is 3. The number of hydrogen-bond acceptors (Lipinski definition) is 6. The molecule has 0 aliphatic heterocycles. The van der Waals surface area contributed by atoms with Gasteiger partial charge in [0, 0.05) is 24.0 Å². The number of halogens is 2. The van der Waals surface area contributed by atoms with Crippen LogP contribution in [0.2, 0.25) is 10.0 Å². The number of aliphatic hydroxyl groups excluding tert-OH is 1. The summed E-state index contributed by atoms with van der Waals surface area (Å²) >= 11 is 12.4. The SMILES string of the molecule is CC(C)[C@H](CO)Nc1nc(Nc2cccc(Cl)c2Cl)cc(-c2cccnc2)n1. The van der Waals surface area contributed by atoms with Gasteiger partial charge in [0.25, 0.3) is 0 Å². The van der Waals surface area contributed by atoms with Crippen molar-refractivity contribution in [2.24, 2.45) is 5.92 Å². The van der Waals surface area contributed by atoms with Crippen LogP contribution in [0.1, 0.15) is 13.8 Å². The molecule has 0 fully saturated rings. The highest BCUT2D eigenvalue weighted by molar-refractivity contribution is 6.43. The van der Waals surface area contributed by atoms with E-state index in [-0.39, 0.29) is 18.6 Å². The molecular weight excluding hydrogens is 397 g/mol. The molecule has 2 heterocycles. The molecule has 0 radical (unpaired) electrons. The molecule has 0 amide bonds. The van der Waals surface area contributed by atoms with Crippen LogP contribution in [0.3, 0.4) is 0 Å². The quantitative estimate of drug-likeness (QED) is 0.500. The van der Waals surface area contributed by atoms with Crippen molar-refractivity contribution in [3.63, 3.8) is 0 Å². The van der Waals surface area contributed by atoms with Gasteiger partial charge >= 0.3 is 0 Å². The molecule has 6 nitrogen and oxygen atoms in total. The summed E-state index contributed by atoms with van der Waals surface area (Å²) in [6.45, 7) is 4.01. The first-order valence-electron chi connectivity index (χ1n) is 8.86. The normalized spacial score (nSPS) is 12.1. The minimum atomic E-state index is -0.174. The van der Waals surface area contributed by atoms with Gasteiger partial charge in [-0.25, -0.2) is 4.98 Å². The third kappa shape index (κ3) is 4.90. The Morgan fingerprint density at radius 1 is 1.11 bits per heavy atom. The Hall–Kier alpha value is -2.41. The summed E-state index contributed by atoms with van der Waals surface area (Å²) in [6.07, 6.45) is 3.43. The van der Waals surface area contributed by atoms with Gasteiger partial charge in [-0.2, -0.15) is 4.98 Å². The zero-order valence-electron chi connectivity index (χ0n) is 15.5. The van der Waals surface area contributed by atoms with Gasteiger partial charge in [0.2, 0.25) is 5.95 Å². The Morgan fingerprint density at radius 3 is 2.61 bits per heavy atom. The molecule has 3 aromatic rings. The first kappa shape index (κ1) is 20.3. The van der Waals surface area contributed by atoms with E-state index in [9.17, 15) is 5.11 Å². The first-order chi connectivity index (χ1) is 13.5. The van der Waals surface area contributed by atoms with Crippen molar-refractivity contribution in [1.29, 1.82) is 0 Å². The second-order valence-electron chi connectivity index (χ2n) is 6.61. The van der Waals surface area contributed by atoms with Crippen LogP contribution in [-0.2, 0) is 0 Å². The smallest absolute Gasteiger partial charge is 0.225 e. The van der Waals surface area contributed by atoms with Crippen molar-refractivity contribution < 1.29 is 5.11 Å². The van der Waals surface area contributed by atoms with Crippen LogP contribution in [0.15, 0.2) is 48.8 Å². The maximum atomic E-state index is 9.64. The van der Waals surface area contributed by atoms with E-state index in [0.717, 1.165) is 5.56 Å². The Bertz CT molecular complexity index is 937. The van der Waals surface area contributed by atoms with Crippen LogP contribution in [0.5, 0.6) is 0 Å². The molecule has 3 rings (SSSR count). The van der Waals surface area contributed by atoms with Crippen molar-refractivity contribution in [2.45, 2.75) is 19.9 Å². The molecule has 0 unspecified atom stereocenters. The van der Waals surface area contributed by atoms with Gasteiger partial charge in [0.1, 0.15) is 5.82 Å². The highest BCUT2D eigenvalue weighted by Crippen LogP contribution is 2.32. The molecule has 0 saturated heterocycles. The van der Waals surface area contributed by atoms with E-state index < -0.39 is 0 Å². The Morgan fingerprint density at radius 2 is 1.93 bits per heavy atom. The van der Waals surface area contributed by atoms with E-state index in [1.165, 1.54) is 0 Å². The minimum Gasteiger partial charge on any atom is -0.394 e. The van der Waals surface area contributed by atoms with Crippen LogP contribution >= 0.6 is 23.2 Å². The van der Waals surface area contributed by atoms with Crippen LogP contribution in [0, 0.1) is 5.92 Å².